The van der Waals surface area contributed by atoms with E-state index in [0.717, 1.165) is 19.4 Å². The molecule has 5 nitrogen and oxygen atoms in total. The minimum absolute atomic E-state index is 0.0145. The van der Waals surface area contributed by atoms with E-state index in [1.807, 2.05) is 6.92 Å². The minimum Gasteiger partial charge on any atom is -0.303 e. The molecule has 1 N–H and O–H groups in total. The molecule has 4 unspecified atom stereocenters. The Labute approximate surface area is 106 Å². The zero-order valence-electron chi connectivity index (χ0n) is 9.98. The second-order valence-corrected chi connectivity index (χ2v) is 6.03. The topological polar surface area (TPSA) is 52.7 Å². The van der Waals surface area contributed by atoms with Gasteiger partial charge in [0, 0.05) is 19.1 Å². The van der Waals surface area contributed by atoms with Crippen LogP contribution >= 0.6 is 17.3 Å². The van der Waals surface area contributed by atoms with E-state index >= 15 is 0 Å². The van der Waals surface area contributed by atoms with Crippen LogP contribution in [0, 0.1) is 0 Å². The van der Waals surface area contributed by atoms with Gasteiger partial charge in [-0.15, -0.1) is 0 Å². The summed E-state index contributed by atoms with van der Waals surface area (Å²) in [4.78, 5) is 25.7. The molecule has 0 spiro atoms. The third-order valence-electron chi connectivity index (χ3n) is 3.35. The number of carbonyl (C=O) groups excluding carboxylic acids is 2. The zero-order valence-corrected chi connectivity index (χ0v) is 12.1. The molecule has 2 amide bonds. The summed E-state index contributed by atoms with van der Waals surface area (Å²) in [6.45, 7) is 3.75. The summed E-state index contributed by atoms with van der Waals surface area (Å²) in [6.07, 6.45) is 1.77. The van der Waals surface area contributed by atoms with Crippen LogP contribution in [0.2, 0.25) is 0 Å². The predicted molar refractivity (Wildman–Crippen MR) is 71.9 cm³/mol. The lowest BCUT2D eigenvalue weighted by atomic mass is 10.1. The van der Waals surface area contributed by atoms with Crippen LogP contribution in [0.4, 0.5) is 0 Å². The second kappa shape index (κ2) is 5.71. The normalized spacial score (nSPS) is 31.3. The fraction of sp³-hybridized carbons (Fsp3) is 0.800. The van der Waals surface area contributed by atoms with Crippen molar-refractivity contribution in [3.8, 4) is 0 Å². The Hall–Kier alpha value is -0.0800. The molecule has 7 heteroatoms. The Bertz CT molecular complexity index is 327. The molecule has 0 aliphatic carbocycles. The first kappa shape index (κ1) is 13.4. The average molecular weight is 275 g/mol. The fourth-order valence-electron chi connectivity index (χ4n) is 2.51. The lowest BCUT2D eigenvalue weighted by Gasteiger charge is -2.27. The minimum atomic E-state index is -0.149. The van der Waals surface area contributed by atoms with Crippen molar-refractivity contribution in [2.24, 2.45) is 0 Å². The number of carbonyl (C=O) groups is 2. The number of rotatable bonds is 3. The molecule has 4 atom stereocenters. The van der Waals surface area contributed by atoms with Gasteiger partial charge in [-0.2, -0.15) is 0 Å². The average Bonchev–Trinajstić information content (AvgIpc) is 2.70. The Kier molecular flexibility index (Phi) is 4.48. The van der Waals surface area contributed by atoms with Crippen LogP contribution in [0.25, 0.3) is 0 Å². The van der Waals surface area contributed by atoms with E-state index in [0.29, 0.717) is 21.5 Å². The molecule has 0 bridgehead atoms. The predicted octanol–water partition coefficient (Wildman–Crippen LogP) is 0.181. The lowest BCUT2D eigenvalue weighted by Crippen LogP contribution is -2.48. The van der Waals surface area contributed by atoms with Crippen LogP contribution in [0.1, 0.15) is 19.8 Å². The van der Waals surface area contributed by atoms with Gasteiger partial charge in [0.1, 0.15) is 6.04 Å². The van der Waals surface area contributed by atoms with Gasteiger partial charge in [0.25, 0.3) is 0 Å². The van der Waals surface area contributed by atoms with E-state index in [1.54, 1.807) is 0 Å². The van der Waals surface area contributed by atoms with Gasteiger partial charge in [-0.25, -0.2) is 0 Å². The third-order valence-corrected chi connectivity index (χ3v) is 5.17. The quantitative estimate of drug-likeness (QED) is 0.590. The van der Waals surface area contributed by atoms with Crippen molar-refractivity contribution in [2.75, 3.05) is 19.6 Å². The highest BCUT2D eigenvalue weighted by molar-refractivity contribution is 8.01. The van der Waals surface area contributed by atoms with E-state index in [9.17, 15) is 9.59 Å². The number of nitrogens with one attached hydrogen (secondary N) is 1. The number of imide groups is 1. The van der Waals surface area contributed by atoms with Crippen LogP contribution in [-0.2, 0) is 9.59 Å². The van der Waals surface area contributed by atoms with Gasteiger partial charge in [0.05, 0.1) is 6.54 Å². The van der Waals surface area contributed by atoms with E-state index in [1.165, 1.54) is 4.90 Å². The number of nitrogens with zero attached hydrogens (tertiary/aromatic N) is 2. The molecule has 0 aromatic heterocycles. The Morgan fingerprint density at radius 3 is 2.94 bits per heavy atom. The van der Waals surface area contributed by atoms with Crippen LogP contribution in [0.15, 0.2) is 0 Å². The van der Waals surface area contributed by atoms with Crippen molar-refractivity contribution < 1.29 is 9.59 Å². The van der Waals surface area contributed by atoms with Gasteiger partial charge in [-0.1, -0.05) is 15.9 Å². The molecule has 2 rings (SSSR count). The van der Waals surface area contributed by atoms with Gasteiger partial charge in [0.15, 0.2) is 0 Å². The summed E-state index contributed by atoms with van der Waals surface area (Å²) in [5.74, 6) is -0.0995. The molecule has 17 heavy (non-hydrogen) atoms. The van der Waals surface area contributed by atoms with Gasteiger partial charge in [0.2, 0.25) is 11.8 Å². The number of amides is 2. The first-order valence-corrected chi connectivity index (χ1v) is 8.75. The molecule has 2 saturated heterocycles. The van der Waals surface area contributed by atoms with Crippen LogP contribution in [-0.4, -0.2) is 53.1 Å². The van der Waals surface area contributed by atoms with Crippen molar-refractivity contribution in [3.05, 3.63) is 0 Å². The smallest absolute Gasteiger partial charge is 0.248 e. The van der Waals surface area contributed by atoms with E-state index in [-0.39, 0.29) is 23.9 Å². The highest BCUT2D eigenvalue weighted by Gasteiger charge is 2.44. The SMILES string of the molecule is CCCN1C(=O)CNC2CCN(PP)C2C1=O. The maximum absolute atomic E-state index is 12.4. The van der Waals surface area contributed by atoms with Gasteiger partial charge >= 0.3 is 0 Å². The van der Waals surface area contributed by atoms with Gasteiger partial charge in [-0.3, -0.25) is 19.2 Å². The summed E-state index contributed by atoms with van der Waals surface area (Å²) < 4.78 is 2.16. The molecule has 0 aromatic carbocycles. The fourth-order valence-corrected chi connectivity index (χ4v) is 4.09. The Balaban J connectivity index is 2.21. The maximum atomic E-state index is 12.4. The van der Waals surface area contributed by atoms with E-state index in [2.05, 4.69) is 18.9 Å². The van der Waals surface area contributed by atoms with Gasteiger partial charge < -0.3 is 5.32 Å². The van der Waals surface area contributed by atoms with Crippen molar-refractivity contribution in [1.82, 2.24) is 14.9 Å². The summed E-state index contributed by atoms with van der Waals surface area (Å²) >= 11 is 0. The molecular formula is C10H19N3O2P2. The standard InChI is InChI=1S/C10H19N3O2P2/c1-2-4-12-8(14)6-11-7-3-5-13(17-16)9(7)10(12)15/h7,9,11,17H,2-6,16H2,1H3. The number of hydrogen-bond donors (Lipinski definition) is 1. The molecule has 0 aromatic rings. The van der Waals surface area contributed by atoms with E-state index < -0.39 is 0 Å². The van der Waals surface area contributed by atoms with E-state index in [4.69, 9.17) is 0 Å². The van der Waals surface area contributed by atoms with Crippen LogP contribution in [0.3, 0.4) is 0 Å². The van der Waals surface area contributed by atoms with Crippen LogP contribution < -0.4 is 5.32 Å². The van der Waals surface area contributed by atoms with Gasteiger partial charge in [-0.05, 0) is 21.3 Å². The first-order valence-electron chi connectivity index (χ1n) is 5.99. The largest absolute Gasteiger partial charge is 0.303 e. The lowest BCUT2D eigenvalue weighted by molar-refractivity contribution is -0.145. The van der Waals surface area contributed by atoms with Crippen molar-refractivity contribution in [1.29, 1.82) is 0 Å². The highest BCUT2D eigenvalue weighted by Crippen LogP contribution is 2.36. The Morgan fingerprint density at radius 1 is 1.53 bits per heavy atom. The molecule has 0 saturated carbocycles. The molecule has 2 aliphatic heterocycles. The number of hydrogen-bond acceptors (Lipinski definition) is 4. The second-order valence-electron chi connectivity index (χ2n) is 4.43. The molecular weight excluding hydrogens is 256 g/mol. The maximum Gasteiger partial charge on any atom is 0.248 e. The van der Waals surface area contributed by atoms with Crippen molar-refractivity contribution in [2.45, 2.75) is 31.8 Å². The summed E-state index contributed by atoms with van der Waals surface area (Å²) in [5, 5.41) is 3.22. The third kappa shape index (κ3) is 2.53. The Morgan fingerprint density at radius 2 is 2.29 bits per heavy atom. The first-order chi connectivity index (χ1) is 8.19. The molecule has 2 fully saturated rings. The van der Waals surface area contributed by atoms with Crippen LogP contribution in [0.5, 0.6) is 0 Å². The molecule has 2 aliphatic rings. The number of fused-ring (bicyclic) bond motifs is 1. The molecule has 2 heterocycles. The monoisotopic (exact) mass is 275 g/mol. The molecule has 0 radical (unpaired) electrons. The summed E-state index contributed by atoms with van der Waals surface area (Å²) in [5.41, 5.74) is 0. The molecule has 96 valence electrons. The summed E-state index contributed by atoms with van der Waals surface area (Å²) in [6, 6.07) is -0.00908. The highest BCUT2D eigenvalue weighted by atomic mass is 32.0. The zero-order chi connectivity index (χ0) is 12.4. The van der Waals surface area contributed by atoms with Crippen molar-refractivity contribution >= 4 is 29.2 Å². The summed E-state index contributed by atoms with van der Waals surface area (Å²) in [7, 11) is 3.23. The van der Waals surface area contributed by atoms with Crippen molar-refractivity contribution in [3.63, 3.8) is 0 Å².